The Morgan fingerprint density at radius 3 is 2.76 bits per heavy atom. The zero-order chi connectivity index (χ0) is 14.9. The molecular weight excluding hydrogens is 256 g/mol. The van der Waals surface area contributed by atoms with Gasteiger partial charge in [0, 0.05) is 19.1 Å². The maximum atomic E-state index is 3.74. The van der Waals surface area contributed by atoms with E-state index in [2.05, 4.69) is 49.2 Å². The van der Waals surface area contributed by atoms with E-state index in [1.54, 1.807) is 11.1 Å². The molecule has 1 heterocycles. The average molecular weight is 286 g/mol. The van der Waals surface area contributed by atoms with Crippen LogP contribution in [0, 0.1) is 5.41 Å². The fourth-order valence-corrected chi connectivity index (χ4v) is 3.70. The monoisotopic (exact) mass is 286 g/mol. The first kappa shape index (κ1) is 15.1. The summed E-state index contributed by atoms with van der Waals surface area (Å²) < 4.78 is 0. The minimum atomic E-state index is 0.334. The first-order valence-electron chi connectivity index (χ1n) is 8.59. The van der Waals surface area contributed by atoms with E-state index in [-0.39, 0.29) is 0 Å². The van der Waals surface area contributed by atoms with Crippen LogP contribution in [-0.2, 0) is 19.4 Å². The van der Waals surface area contributed by atoms with E-state index in [1.807, 2.05) is 0 Å². The van der Waals surface area contributed by atoms with E-state index >= 15 is 0 Å². The second-order valence-electron chi connectivity index (χ2n) is 7.92. The van der Waals surface area contributed by atoms with Crippen molar-refractivity contribution < 1.29 is 0 Å². The molecule has 1 aromatic carbocycles. The summed E-state index contributed by atoms with van der Waals surface area (Å²) in [5.74, 6) is 0. The fraction of sp³-hybridized carbons (Fsp3) is 0.684. The average Bonchev–Trinajstić information content (AvgIpc) is 2.75. The van der Waals surface area contributed by atoms with Gasteiger partial charge in [-0.15, -0.1) is 0 Å². The van der Waals surface area contributed by atoms with Crippen molar-refractivity contribution >= 4 is 0 Å². The van der Waals surface area contributed by atoms with E-state index < -0.39 is 0 Å². The summed E-state index contributed by atoms with van der Waals surface area (Å²) >= 11 is 0. The van der Waals surface area contributed by atoms with Crippen LogP contribution in [0.3, 0.4) is 0 Å². The Hall–Kier alpha value is -0.860. The highest BCUT2D eigenvalue weighted by atomic mass is 15.2. The van der Waals surface area contributed by atoms with Gasteiger partial charge in [0.15, 0.2) is 0 Å². The molecule has 1 aliphatic heterocycles. The molecule has 1 saturated heterocycles. The summed E-state index contributed by atoms with van der Waals surface area (Å²) in [4.78, 5) is 2.65. The van der Waals surface area contributed by atoms with Crippen molar-refractivity contribution in [1.82, 2.24) is 10.2 Å². The summed E-state index contributed by atoms with van der Waals surface area (Å²) in [6, 6.07) is 7.78. The van der Waals surface area contributed by atoms with Crippen LogP contribution in [0.2, 0.25) is 0 Å². The predicted octanol–water partition coefficient (Wildman–Crippen LogP) is 3.39. The van der Waals surface area contributed by atoms with Crippen molar-refractivity contribution in [2.45, 2.75) is 59.0 Å². The lowest BCUT2D eigenvalue weighted by Gasteiger charge is -2.33. The molecular formula is C19H30N2. The maximum Gasteiger partial charge on any atom is 0.0243 e. The minimum Gasteiger partial charge on any atom is -0.312 e. The van der Waals surface area contributed by atoms with Crippen molar-refractivity contribution in [3.05, 3.63) is 34.9 Å². The van der Waals surface area contributed by atoms with Gasteiger partial charge in [-0.05, 0) is 60.9 Å². The van der Waals surface area contributed by atoms with Crippen molar-refractivity contribution in [2.24, 2.45) is 5.41 Å². The molecule has 1 fully saturated rings. The quantitative estimate of drug-likeness (QED) is 0.896. The number of hydrogen-bond donors (Lipinski definition) is 1. The molecule has 0 aromatic heterocycles. The minimum absolute atomic E-state index is 0.334. The topological polar surface area (TPSA) is 15.3 Å². The van der Waals surface area contributed by atoms with Crippen molar-refractivity contribution in [3.8, 4) is 0 Å². The number of fused-ring (bicyclic) bond motifs is 1. The molecule has 0 amide bonds. The smallest absolute Gasteiger partial charge is 0.0243 e. The van der Waals surface area contributed by atoms with Crippen LogP contribution in [0.25, 0.3) is 0 Å². The lowest BCUT2D eigenvalue weighted by molar-refractivity contribution is 0.192. The Bertz CT molecular complexity index is 487. The van der Waals surface area contributed by atoms with Gasteiger partial charge in [-0.1, -0.05) is 39.0 Å². The zero-order valence-corrected chi connectivity index (χ0v) is 13.9. The Morgan fingerprint density at radius 2 is 1.95 bits per heavy atom. The third-order valence-electron chi connectivity index (χ3n) is 5.10. The van der Waals surface area contributed by atoms with Gasteiger partial charge < -0.3 is 5.32 Å². The van der Waals surface area contributed by atoms with Gasteiger partial charge in [0.25, 0.3) is 0 Å². The molecule has 0 saturated carbocycles. The summed E-state index contributed by atoms with van der Waals surface area (Å²) in [5.41, 5.74) is 5.03. The molecule has 1 atom stereocenters. The summed E-state index contributed by atoms with van der Waals surface area (Å²) in [6.07, 6.45) is 5.18. The fourth-order valence-electron chi connectivity index (χ4n) is 3.70. The summed E-state index contributed by atoms with van der Waals surface area (Å²) in [5, 5.41) is 3.74. The Balaban J connectivity index is 1.68. The number of nitrogens with zero attached hydrogens (tertiary/aromatic N) is 1. The first-order valence-corrected chi connectivity index (χ1v) is 8.59. The van der Waals surface area contributed by atoms with Gasteiger partial charge in [0.2, 0.25) is 0 Å². The molecule has 21 heavy (non-hydrogen) atoms. The largest absolute Gasteiger partial charge is 0.312 e. The first-order chi connectivity index (χ1) is 10.0. The highest BCUT2D eigenvalue weighted by Crippen LogP contribution is 2.25. The lowest BCUT2D eigenvalue weighted by Crippen LogP contribution is -2.46. The van der Waals surface area contributed by atoms with Crippen LogP contribution in [0.4, 0.5) is 0 Å². The van der Waals surface area contributed by atoms with Gasteiger partial charge in [-0.3, -0.25) is 4.90 Å². The van der Waals surface area contributed by atoms with E-state index in [9.17, 15) is 0 Å². The van der Waals surface area contributed by atoms with Gasteiger partial charge >= 0.3 is 0 Å². The number of hydrogen-bond acceptors (Lipinski definition) is 2. The Kier molecular flexibility index (Phi) is 4.37. The molecule has 1 unspecified atom stereocenters. The number of nitrogens with one attached hydrogen (secondary N) is 1. The van der Waals surface area contributed by atoms with Gasteiger partial charge in [-0.2, -0.15) is 0 Å². The molecule has 2 heteroatoms. The molecule has 1 aliphatic carbocycles. The normalized spacial score (nSPS) is 23.9. The molecule has 3 rings (SSSR count). The van der Waals surface area contributed by atoms with Gasteiger partial charge in [0.05, 0.1) is 0 Å². The summed E-state index contributed by atoms with van der Waals surface area (Å²) in [7, 11) is 0. The van der Waals surface area contributed by atoms with E-state index in [1.165, 1.54) is 44.3 Å². The van der Waals surface area contributed by atoms with E-state index in [0.29, 0.717) is 11.5 Å². The molecule has 116 valence electrons. The van der Waals surface area contributed by atoms with E-state index in [0.717, 1.165) is 13.1 Å². The highest BCUT2D eigenvalue weighted by molar-refractivity contribution is 5.35. The molecule has 0 spiro atoms. The van der Waals surface area contributed by atoms with Crippen LogP contribution in [0.5, 0.6) is 0 Å². The third-order valence-corrected chi connectivity index (χ3v) is 5.10. The van der Waals surface area contributed by atoms with Crippen LogP contribution < -0.4 is 5.32 Å². The lowest BCUT2D eigenvalue weighted by atomic mass is 9.86. The second-order valence-corrected chi connectivity index (χ2v) is 7.92. The molecule has 2 nitrogen and oxygen atoms in total. The molecule has 0 bridgehead atoms. The van der Waals surface area contributed by atoms with Gasteiger partial charge in [0.1, 0.15) is 0 Å². The Labute approximate surface area is 129 Å². The number of rotatable bonds is 2. The Morgan fingerprint density at radius 1 is 1.14 bits per heavy atom. The zero-order valence-electron chi connectivity index (χ0n) is 13.9. The SMILES string of the molecule is CC(C)(C)C1CN(Cc2ccc3c(c2)CCC3)CCCN1. The molecule has 1 N–H and O–H groups in total. The van der Waals surface area contributed by atoms with Crippen LogP contribution in [0.15, 0.2) is 18.2 Å². The highest BCUT2D eigenvalue weighted by Gasteiger charge is 2.28. The van der Waals surface area contributed by atoms with Crippen molar-refractivity contribution in [3.63, 3.8) is 0 Å². The molecule has 0 radical (unpaired) electrons. The number of aryl methyl sites for hydroxylation is 2. The molecule has 1 aromatic rings. The third kappa shape index (κ3) is 3.67. The standard InChI is InChI=1S/C19H30N2/c1-19(2,3)18-14-21(11-5-10-20-18)13-15-8-9-16-6-4-7-17(16)12-15/h8-9,12,18,20H,4-7,10-11,13-14H2,1-3H3. The van der Waals surface area contributed by atoms with Crippen LogP contribution >= 0.6 is 0 Å². The number of benzene rings is 1. The van der Waals surface area contributed by atoms with Gasteiger partial charge in [-0.25, -0.2) is 0 Å². The second kappa shape index (κ2) is 6.10. The summed E-state index contributed by atoms with van der Waals surface area (Å²) in [6.45, 7) is 11.7. The van der Waals surface area contributed by atoms with E-state index in [4.69, 9.17) is 0 Å². The van der Waals surface area contributed by atoms with Crippen molar-refractivity contribution in [2.75, 3.05) is 19.6 Å². The molecule has 2 aliphatic rings. The van der Waals surface area contributed by atoms with Crippen LogP contribution in [-0.4, -0.2) is 30.6 Å². The van der Waals surface area contributed by atoms with Crippen molar-refractivity contribution in [1.29, 1.82) is 0 Å². The maximum absolute atomic E-state index is 3.74. The van der Waals surface area contributed by atoms with Crippen LogP contribution in [0.1, 0.15) is 50.3 Å². The predicted molar refractivity (Wildman–Crippen MR) is 89.6 cm³/mol.